The Morgan fingerprint density at radius 2 is 2.25 bits per heavy atom. The molecule has 3 aromatic heterocycles. The standard InChI is InChI=1S/C14H17N5S/c1-9-13(10(2)19(3)18-9)15-7-11-8-16-17-14(11)12-5-4-6-20-12/h4-6,8,15H,7H2,1-3H3,(H,16,17). The number of anilines is 1. The fourth-order valence-corrected chi connectivity index (χ4v) is 3.05. The third-order valence-electron chi connectivity index (χ3n) is 3.45. The van der Waals surface area contributed by atoms with E-state index in [2.05, 4.69) is 39.0 Å². The second kappa shape index (κ2) is 5.13. The van der Waals surface area contributed by atoms with Gasteiger partial charge >= 0.3 is 0 Å². The summed E-state index contributed by atoms with van der Waals surface area (Å²) in [7, 11) is 1.96. The number of rotatable bonds is 4. The first kappa shape index (κ1) is 12.9. The first-order valence-corrected chi connectivity index (χ1v) is 7.35. The monoisotopic (exact) mass is 287 g/mol. The number of aromatic amines is 1. The second-order valence-electron chi connectivity index (χ2n) is 4.77. The van der Waals surface area contributed by atoms with E-state index in [1.165, 1.54) is 4.88 Å². The average Bonchev–Trinajstić information content (AvgIpc) is 3.11. The predicted molar refractivity (Wildman–Crippen MR) is 81.9 cm³/mol. The maximum Gasteiger partial charge on any atom is 0.0827 e. The molecule has 20 heavy (non-hydrogen) atoms. The van der Waals surface area contributed by atoms with E-state index in [0.29, 0.717) is 0 Å². The lowest BCUT2D eigenvalue weighted by Gasteiger charge is -2.06. The Kier molecular flexibility index (Phi) is 3.31. The largest absolute Gasteiger partial charge is 0.378 e. The quantitative estimate of drug-likeness (QED) is 0.775. The van der Waals surface area contributed by atoms with E-state index in [1.54, 1.807) is 11.3 Å². The minimum Gasteiger partial charge on any atom is -0.378 e. The third kappa shape index (κ3) is 2.22. The molecule has 0 aromatic carbocycles. The molecule has 0 aliphatic rings. The van der Waals surface area contributed by atoms with Gasteiger partial charge in [-0.05, 0) is 25.3 Å². The van der Waals surface area contributed by atoms with Crippen LogP contribution in [0.4, 0.5) is 5.69 Å². The van der Waals surface area contributed by atoms with Gasteiger partial charge in [0.1, 0.15) is 0 Å². The molecule has 5 nitrogen and oxygen atoms in total. The van der Waals surface area contributed by atoms with E-state index >= 15 is 0 Å². The molecule has 0 unspecified atom stereocenters. The summed E-state index contributed by atoms with van der Waals surface area (Å²) in [6, 6.07) is 4.15. The van der Waals surface area contributed by atoms with Gasteiger partial charge in [0.25, 0.3) is 0 Å². The van der Waals surface area contributed by atoms with Crippen LogP contribution in [-0.2, 0) is 13.6 Å². The van der Waals surface area contributed by atoms with Gasteiger partial charge in [0.05, 0.1) is 33.8 Å². The van der Waals surface area contributed by atoms with Crippen molar-refractivity contribution in [2.45, 2.75) is 20.4 Å². The zero-order chi connectivity index (χ0) is 14.1. The topological polar surface area (TPSA) is 58.5 Å². The molecule has 0 saturated carbocycles. The van der Waals surface area contributed by atoms with Crippen LogP contribution < -0.4 is 5.32 Å². The fourth-order valence-electron chi connectivity index (χ4n) is 2.29. The summed E-state index contributed by atoms with van der Waals surface area (Å²) >= 11 is 1.71. The van der Waals surface area contributed by atoms with Gasteiger partial charge in [0, 0.05) is 19.2 Å². The number of nitrogens with zero attached hydrogens (tertiary/aromatic N) is 3. The van der Waals surface area contributed by atoms with Gasteiger partial charge in [-0.1, -0.05) is 6.07 Å². The average molecular weight is 287 g/mol. The molecule has 0 radical (unpaired) electrons. The minimum absolute atomic E-state index is 0.733. The summed E-state index contributed by atoms with van der Waals surface area (Å²) in [5.41, 5.74) is 5.52. The molecular weight excluding hydrogens is 270 g/mol. The Labute approximate surface area is 121 Å². The highest BCUT2D eigenvalue weighted by atomic mass is 32.1. The highest BCUT2D eigenvalue weighted by Crippen LogP contribution is 2.27. The maximum atomic E-state index is 4.42. The third-order valence-corrected chi connectivity index (χ3v) is 4.34. The zero-order valence-electron chi connectivity index (χ0n) is 11.8. The van der Waals surface area contributed by atoms with Crippen molar-refractivity contribution >= 4 is 17.0 Å². The van der Waals surface area contributed by atoms with Crippen LogP contribution >= 0.6 is 11.3 Å². The van der Waals surface area contributed by atoms with E-state index in [-0.39, 0.29) is 0 Å². The molecule has 3 heterocycles. The Hall–Kier alpha value is -2.08. The molecule has 0 fully saturated rings. The van der Waals surface area contributed by atoms with Crippen molar-refractivity contribution in [3.8, 4) is 10.6 Å². The Bertz CT molecular complexity index is 708. The van der Waals surface area contributed by atoms with Gasteiger partial charge in [-0.3, -0.25) is 9.78 Å². The summed E-state index contributed by atoms with van der Waals surface area (Å²) < 4.78 is 1.90. The molecule has 0 spiro atoms. The van der Waals surface area contributed by atoms with Crippen molar-refractivity contribution in [3.05, 3.63) is 40.7 Å². The van der Waals surface area contributed by atoms with Gasteiger partial charge in [-0.2, -0.15) is 10.2 Å². The number of aromatic nitrogens is 4. The van der Waals surface area contributed by atoms with Crippen LogP contribution in [0.3, 0.4) is 0 Å². The van der Waals surface area contributed by atoms with Crippen LogP contribution in [0.2, 0.25) is 0 Å². The van der Waals surface area contributed by atoms with Crippen LogP contribution in [0.25, 0.3) is 10.6 Å². The highest BCUT2D eigenvalue weighted by molar-refractivity contribution is 7.13. The van der Waals surface area contributed by atoms with Crippen molar-refractivity contribution in [1.82, 2.24) is 20.0 Å². The molecule has 3 aromatic rings. The zero-order valence-corrected chi connectivity index (χ0v) is 12.6. The van der Waals surface area contributed by atoms with E-state index in [0.717, 1.165) is 34.9 Å². The number of nitrogens with one attached hydrogen (secondary N) is 2. The summed E-state index contributed by atoms with van der Waals surface area (Å²) in [5.74, 6) is 0. The van der Waals surface area contributed by atoms with Crippen molar-refractivity contribution in [3.63, 3.8) is 0 Å². The first-order chi connectivity index (χ1) is 9.66. The molecule has 6 heteroatoms. The number of hydrogen-bond acceptors (Lipinski definition) is 4. The molecule has 0 saturated heterocycles. The first-order valence-electron chi connectivity index (χ1n) is 6.47. The Morgan fingerprint density at radius 3 is 2.90 bits per heavy atom. The van der Waals surface area contributed by atoms with E-state index < -0.39 is 0 Å². The van der Waals surface area contributed by atoms with Crippen molar-refractivity contribution in [2.75, 3.05) is 5.32 Å². The van der Waals surface area contributed by atoms with Crippen molar-refractivity contribution in [2.24, 2.45) is 7.05 Å². The van der Waals surface area contributed by atoms with Crippen LogP contribution in [0.1, 0.15) is 17.0 Å². The molecule has 0 aliphatic heterocycles. The summed E-state index contributed by atoms with van der Waals surface area (Å²) in [5, 5.41) is 17.2. The Balaban J connectivity index is 1.81. The van der Waals surface area contributed by atoms with Gasteiger partial charge in [0.15, 0.2) is 0 Å². The number of hydrogen-bond donors (Lipinski definition) is 2. The maximum absolute atomic E-state index is 4.42. The summed E-state index contributed by atoms with van der Waals surface area (Å²) in [4.78, 5) is 1.21. The van der Waals surface area contributed by atoms with E-state index in [4.69, 9.17) is 0 Å². The number of thiophene rings is 1. The van der Waals surface area contributed by atoms with Crippen LogP contribution in [0.5, 0.6) is 0 Å². The van der Waals surface area contributed by atoms with Crippen LogP contribution in [-0.4, -0.2) is 20.0 Å². The SMILES string of the molecule is Cc1nn(C)c(C)c1NCc1cn[nH]c1-c1cccs1. The van der Waals surface area contributed by atoms with Crippen LogP contribution in [0.15, 0.2) is 23.7 Å². The molecule has 0 atom stereocenters. The van der Waals surface area contributed by atoms with Crippen molar-refractivity contribution < 1.29 is 0 Å². The highest BCUT2D eigenvalue weighted by Gasteiger charge is 2.12. The molecule has 104 valence electrons. The fraction of sp³-hybridized carbons (Fsp3) is 0.286. The van der Waals surface area contributed by atoms with E-state index in [9.17, 15) is 0 Å². The molecule has 2 N–H and O–H groups in total. The Morgan fingerprint density at radius 1 is 1.40 bits per heavy atom. The lowest BCUT2D eigenvalue weighted by atomic mass is 10.2. The predicted octanol–water partition coefficient (Wildman–Crippen LogP) is 3.10. The molecule has 0 bridgehead atoms. The summed E-state index contributed by atoms with van der Waals surface area (Å²) in [6.45, 7) is 4.82. The van der Waals surface area contributed by atoms with Gasteiger partial charge in [0.2, 0.25) is 0 Å². The molecular formula is C14H17N5S. The summed E-state index contributed by atoms with van der Waals surface area (Å²) in [6.07, 6.45) is 1.88. The lowest BCUT2D eigenvalue weighted by molar-refractivity contribution is 0.731. The molecule has 0 aliphatic carbocycles. The molecule has 0 amide bonds. The number of aryl methyl sites for hydroxylation is 2. The molecule has 3 rings (SSSR count). The number of H-pyrrole nitrogens is 1. The normalized spacial score (nSPS) is 10.9. The van der Waals surface area contributed by atoms with Gasteiger partial charge in [-0.25, -0.2) is 0 Å². The van der Waals surface area contributed by atoms with Gasteiger partial charge in [-0.15, -0.1) is 11.3 Å². The van der Waals surface area contributed by atoms with Gasteiger partial charge < -0.3 is 5.32 Å². The van der Waals surface area contributed by atoms with Crippen molar-refractivity contribution in [1.29, 1.82) is 0 Å². The lowest BCUT2D eigenvalue weighted by Crippen LogP contribution is -2.02. The van der Waals surface area contributed by atoms with Crippen LogP contribution in [0, 0.1) is 13.8 Å². The second-order valence-corrected chi connectivity index (χ2v) is 5.72. The minimum atomic E-state index is 0.733. The van der Waals surface area contributed by atoms with E-state index in [1.807, 2.05) is 30.9 Å². The smallest absolute Gasteiger partial charge is 0.0827 e.